The molecule has 0 N–H and O–H groups in total. The zero-order chi connectivity index (χ0) is 51.0. The highest BCUT2D eigenvalue weighted by Gasteiger charge is 2.25. The van der Waals surface area contributed by atoms with E-state index in [9.17, 15) is 0 Å². The molecule has 0 radical (unpaired) electrons. The third-order valence-corrected chi connectivity index (χ3v) is 15.5. The summed E-state index contributed by atoms with van der Waals surface area (Å²) in [5.41, 5.74) is 21.8. The minimum Gasteiger partial charge on any atom is -0.456 e. The van der Waals surface area contributed by atoms with E-state index < -0.39 is 0 Å². The van der Waals surface area contributed by atoms with E-state index >= 15 is 0 Å². The van der Waals surface area contributed by atoms with Gasteiger partial charge in [-0.25, -0.2) is 0 Å². The predicted molar refractivity (Wildman–Crippen MR) is 321 cm³/mol. The van der Waals surface area contributed by atoms with Crippen LogP contribution in [-0.4, -0.2) is 0 Å². The molecule has 0 aliphatic carbocycles. The molecule has 12 aromatic carbocycles. The number of hydrogen-bond donors (Lipinski definition) is 0. The minimum atomic E-state index is 0.872. The van der Waals surface area contributed by atoms with Gasteiger partial charge in [-0.2, -0.15) is 0 Å². The van der Waals surface area contributed by atoms with Crippen molar-refractivity contribution in [3.8, 4) is 33.4 Å². The smallest absolute Gasteiger partial charge is 0.135 e. The molecule has 4 heteroatoms. The number of fused-ring (bicyclic) bond motifs is 8. The van der Waals surface area contributed by atoms with Crippen LogP contribution in [0.5, 0.6) is 0 Å². The number of nitrogens with zero attached hydrogens (tertiary/aromatic N) is 2. The van der Waals surface area contributed by atoms with Crippen molar-refractivity contribution in [1.82, 2.24) is 0 Å². The maximum absolute atomic E-state index is 6.38. The van der Waals surface area contributed by atoms with Gasteiger partial charge in [-0.15, -0.1) is 0 Å². The minimum absolute atomic E-state index is 0.872. The van der Waals surface area contributed by atoms with E-state index in [0.29, 0.717) is 0 Å². The summed E-state index contributed by atoms with van der Waals surface area (Å²) < 4.78 is 12.8. The van der Waals surface area contributed by atoms with Crippen molar-refractivity contribution in [2.24, 2.45) is 0 Å². The number of furan rings is 2. The fourth-order valence-corrected chi connectivity index (χ4v) is 11.7. The number of rotatable bonds is 9. The molecule has 362 valence electrons. The molecule has 76 heavy (non-hydrogen) atoms. The Morgan fingerprint density at radius 3 is 1.11 bits per heavy atom. The molecule has 0 saturated carbocycles. The van der Waals surface area contributed by atoms with Gasteiger partial charge in [0.1, 0.15) is 22.3 Å². The second-order valence-corrected chi connectivity index (χ2v) is 20.3. The molecule has 0 fully saturated rings. The monoisotopic (exact) mass is 976 g/mol. The molecule has 14 aromatic rings. The van der Waals surface area contributed by atoms with Gasteiger partial charge in [-0.05, 0) is 179 Å². The molecule has 0 aliphatic heterocycles. The number of benzene rings is 12. The largest absolute Gasteiger partial charge is 0.456 e. The van der Waals surface area contributed by atoms with Gasteiger partial charge in [0.15, 0.2) is 0 Å². The molecule has 2 aromatic heterocycles. The molecular formula is C72H52N2O2. The highest BCUT2D eigenvalue weighted by atomic mass is 16.3. The molecule has 0 atom stereocenters. The van der Waals surface area contributed by atoms with Crippen LogP contribution >= 0.6 is 0 Å². The first-order valence-electron chi connectivity index (χ1n) is 26.1. The van der Waals surface area contributed by atoms with Crippen molar-refractivity contribution in [1.29, 1.82) is 0 Å². The van der Waals surface area contributed by atoms with Crippen LogP contribution in [0.15, 0.2) is 251 Å². The maximum atomic E-state index is 6.38. The molecule has 14 rings (SSSR count). The second kappa shape index (κ2) is 18.1. The van der Waals surface area contributed by atoms with E-state index in [1.807, 2.05) is 24.3 Å². The van der Waals surface area contributed by atoms with Crippen molar-refractivity contribution < 1.29 is 8.83 Å². The maximum Gasteiger partial charge on any atom is 0.135 e. The second-order valence-electron chi connectivity index (χ2n) is 20.3. The van der Waals surface area contributed by atoms with E-state index in [1.165, 1.54) is 54.9 Å². The van der Waals surface area contributed by atoms with Crippen molar-refractivity contribution in [3.05, 3.63) is 265 Å². The molecular weight excluding hydrogens is 925 g/mol. The van der Waals surface area contributed by atoms with E-state index in [1.54, 1.807) is 0 Å². The molecule has 4 nitrogen and oxygen atoms in total. The van der Waals surface area contributed by atoms with Crippen LogP contribution in [0.25, 0.3) is 98.8 Å². The van der Waals surface area contributed by atoms with Crippen LogP contribution in [0.3, 0.4) is 0 Å². The van der Waals surface area contributed by atoms with E-state index in [4.69, 9.17) is 8.83 Å². The Kier molecular flexibility index (Phi) is 10.7. The summed E-state index contributed by atoms with van der Waals surface area (Å²) >= 11 is 0. The van der Waals surface area contributed by atoms with Gasteiger partial charge in [0.2, 0.25) is 0 Å². The van der Waals surface area contributed by atoms with E-state index in [0.717, 1.165) is 100 Å². The summed E-state index contributed by atoms with van der Waals surface area (Å²) in [6.07, 6.45) is 0. The molecule has 2 heterocycles. The van der Waals surface area contributed by atoms with Crippen LogP contribution < -0.4 is 9.80 Å². The summed E-state index contributed by atoms with van der Waals surface area (Å²) in [6, 6.07) is 88.0. The first kappa shape index (κ1) is 45.0. The number of aryl methyl sites for hydroxylation is 4. The number of hydrogen-bond acceptors (Lipinski definition) is 4. The Morgan fingerprint density at radius 2 is 0.658 bits per heavy atom. The molecule has 0 saturated heterocycles. The van der Waals surface area contributed by atoms with Crippen molar-refractivity contribution in [2.75, 3.05) is 9.80 Å². The number of para-hydroxylation sites is 4. The van der Waals surface area contributed by atoms with Gasteiger partial charge in [0.25, 0.3) is 0 Å². The first-order valence-corrected chi connectivity index (χ1v) is 26.1. The van der Waals surface area contributed by atoms with Crippen molar-refractivity contribution in [2.45, 2.75) is 27.7 Å². The molecule has 0 spiro atoms. The average molecular weight is 977 g/mol. The fourth-order valence-electron chi connectivity index (χ4n) is 11.7. The first-order chi connectivity index (χ1) is 37.3. The highest BCUT2D eigenvalue weighted by Crippen LogP contribution is 2.49. The topological polar surface area (TPSA) is 32.8 Å². The lowest BCUT2D eigenvalue weighted by Gasteiger charge is -2.31. The van der Waals surface area contributed by atoms with Gasteiger partial charge >= 0.3 is 0 Å². The number of anilines is 6. The van der Waals surface area contributed by atoms with Gasteiger partial charge in [0, 0.05) is 55.4 Å². The van der Waals surface area contributed by atoms with Crippen LogP contribution in [0.4, 0.5) is 34.1 Å². The summed E-state index contributed by atoms with van der Waals surface area (Å²) in [5, 5.41) is 9.26. The molecule has 0 unspecified atom stereocenters. The van der Waals surface area contributed by atoms with Crippen LogP contribution in [0.1, 0.15) is 22.3 Å². The molecule has 0 aliphatic rings. The van der Waals surface area contributed by atoms with Crippen LogP contribution in [0, 0.1) is 27.7 Å². The lowest BCUT2D eigenvalue weighted by molar-refractivity contribution is 0.668. The van der Waals surface area contributed by atoms with E-state index in [-0.39, 0.29) is 0 Å². The van der Waals surface area contributed by atoms with Crippen molar-refractivity contribution >= 4 is 99.5 Å². The lowest BCUT2D eigenvalue weighted by atomic mass is 9.94. The van der Waals surface area contributed by atoms with Crippen LogP contribution in [-0.2, 0) is 0 Å². The Hall–Kier alpha value is -9.64. The molecule has 0 bridgehead atoms. The summed E-state index contributed by atoms with van der Waals surface area (Å²) in [5.74, 6) is 0. The molecule has 0 amide bonds. The Balaban J connectivity index is 0.911. The standard InChI is InChI=1S/C72H52N2O2/c1-45-15-13-23-59(55-29-27-49-17-5-7-19-51(49)41-55)71(45)73(57-33-37-69-63(43-57)61-21-9-11-25-67(61)75-69)65-35-31-53(39-47(65)3)54-32-36-66(48(4)40-54)74(58-34-38-70-64(44-58)62-22-10-12-26-68(62)76-70)72-46(2)16-14-24-60(72)56-30-28-50-18-6-8-20-52(50)42-56/h5-44H,1-4H3. The Morgan fingerprint density at radius 1 is 0.263 bits per heavy atom. The highest BCUT2D eigenvalue weighted by molar-refractivity contribution is 6.09. The van der Waals surface area contributed by atoms with Crippen molar-refractivity contribution in [3.63, 3.8) is 0 Å². The third-order valence-electron chi connectivity index (χ3n) is 15.5. The zero-order valence-electron chi connectivity index (χ0n) is 42.8. The van der Waals surface area contributed by atoms with Crippen LogP contribution in [0.2, 0.25) is 0 Å². The Bertz CT molecular complexity index is 4320. The van der Waals surface area contributed by atoms with E-state index in [2.05, 4.69) is 256 Å². The van der Waals surface area contributed by atoms with Gasteiger partial charge in [0.05, 0.1) is 11.4 Å². The summed E-state index contributed by atoms with van der Waals surface area (Å²) in [7, 11) is 0. The normalized spacial score (nSPS) is 11.7. The average Bonchev–Trinajstić information content (AvgIpc) is 4.03. The third kappa shape index (κ3) is 7.60. The fraction of sp³-hybridized carbons (Fsp3) is 0.0556. The quantitative estimate of drug-likeness (QED) is 0.144. The predicted octanol–water partition coefficient (Wildman–Crippen LogP) is 21.0. The lowest BCUT2D eigenvalue weighted by Crippen LogP contribution is -2.14. The zero-order valence-corrected chi connectivity index (χ0v) is 42.8. The van der Waals surface area contributed by atoms with Gasteiger partial charge in [-0.1, -0.05) is 158 Å². The summed E-state index contributed by atoms with van der Waals surface area (Å²) in [6.45, 7) is 8.95. The Labute approximate surface area is 441 Å². The van der Waals surface area contributed by atoms with Gasteiger partial charge in [-0.3, -0.25) is 0 Å². The summed E-state index contributed by atoms with van der Waals surface area (Å²) in [4.78, 5) is 4.92. The SMILES string of the molecule is Cc1cc(-c2ccc(N(c3ccc4oc5ccccc5c4c3)c3c(C)cccc3-c3ccc4ccccc4c3)c(C)c2)ccc1N(c1ccc2oc3ccccc3c2c1)c1c(C)cccc1-c1ccc2ccccc2c1. The van der Waals surface area contributed by atoms with Gasteiger partial charge < -0.3 is 18.6 Å².